The lowest BCUT2D eigenvalue weighted by atomic mass is 9.99. The summed E-state index contributed by atoms with van der Waals surface area (Å²) in [6, 6.07) is 8.71. The average Bonchev–Trinajstić information content (AvgIpc) is 2.32. The highest BCUT2D eigenvalue weighted by Gasteiger charge is 2.15. The maximum Gasteiger partial charge on any atom is 0.0340 e. The van der Waals surface area contributed by atoms with Crippen LogP contribution in [-0.4, -0.2) is 25.0 Å². The Balaban J connectivity index is 1.93. The molecule has 0 aromatic heterocycles. The van der Waals surface area contributed by atoms with Crippen LogP contribution < -0.4 is 5.32 Å². The molecule has 0 unspecified atom stereocenters. The Labute approximate surface area is 98.7 Å². The van der Waals surface area contributed by atoms with E-state index in [2.05, 4.69) is 41.4 Å². The number of hydrogen-bond donors (Lipinski definition) is 1. The first kappa shape index (κ1) is 11.5. The number of piperidine rings is 1. The molecule has 16 heavy (non-hydrogen) atoms. The van der Waals surface area contributed by atoms with Crippen molar-refractivity contribution in [3.05, 3.63) is 29.8 Å². The van der Waals surface area contributed by atoms with E-state index in [9.17, 15) is 0 Å². The molecule has 0 atom stereocenters. The third-order valence-corrected chi connectivity index (χ3v) is 3.50. The maximum absolute atomic E-state index is 3.19. The molecule has 0 saturated carbocycles. The van der Waals surface area contributed by atoms with Gasteiger partial charge in [0.2, 0.25) is 0 Å². The van der Waals surface area contributed by atoms with Crippen LogP contribution in [-0.2, 0) is 6.54 Å². The van der Waals surface area contributed by atoms with Crippen molar-refractivity contribution < 1.29 is 0 Å². The molecule has 0 amide bonds. The summed E-state index contributed by atoms with van der Waals surface area (Å²) >= 11 is 0. The molecule has 2 nitrogen and oxygen atoms in total. The second kappa shape index (κ2) is 5.35. The topological polar surface area (TPSA) is 15.3 Å². The molecule has 0 radical (unpaired) electrons. The zero-order valence-electron chi connectivity index (χ0n) is 10.4. The first-order valence-corrected chi connectivity index (χ1v) is 6.27. The fraction of sp³-hybridized carbons (Fsp3) is 0.571. The molecule has 1 N–H and O–H groups in total. The molecule has 1 saturated heterocycles. The van der Waals surface area contributed by atoms with Crippen LogP contribution >= 0.6 is 0 Å². The van der Waals surface area contributed by atoms with Gasteiger partial charge in [0.15, 0.2) is 0 Å². The lowest BCUT2D eigenvalue weighted by molar-refractivity contribution is 0.185. The maximum atomic E-state index is 3.19. The minimum Gasteiger partial charge on any atom is -0.388 e. The number of likely N-dealkylation sites (tertiary alicyclic amines) is 1. The van der Waals surface area contributed by atoms with E-state index in [-0.39, 0.29) is 0 Å². The molecule has 0 bridgehead atoms. The van der Waals surface area contributed by atoms with Gasteiger partial charge in [0.05, 0.1) is 0 Å². The zero-order valence-corrected chi connectivity index (χ0v) is 10.4. The van der Waals surface area contributed by atoms with E-state index >= 15 is 0 Å². The Morgan fingerprint density at radius 2 is 2.06 bits per heavy atom. The standard InChI is InChI=1S/C14H22N2/c1-12-6-8-16(9-7-12)11-13-4-3-5-14(10-13)15-2/h3-5,10,12,15H,6-9,11H2,1-2H3. The van der Waals surface area contributed by atoms with Crippen LogP contribution in [0.2, 0.25) is 0 Å². The lowest BCUT2D eigenvalue weighted by Crippen LogP contribution is -2.32. The summed E-state index contributed by atoms with van der Waals surface area (Å²) < 4.78 is 0. The molecule has 0 aliphatic carbocycles. The fourth-order valence-corrected chi connectivity index (χ4v) is 2.30. The normalized spacial score (nSPS) is 18.6. The molecule has 1 aliphatic rings. The van der Waals surface area contributed by atoms with Gasteiger partial charge in [-0.3, -0.25) is 4.90 Å². The van der Waals surface area contributed by atoms with Crippen molar-refractivity contribution in [3.8, 4) is 0 Å². The number of nitrogens with one attached hydrogen (secondary N) is 1. The van der Waals surface area contributed by atoms with Crippen molar-refractivity contribution in [3.63, 3.8) is 0 Å². The molecule has 1 aromatic carbocycles. The number of hydrogen-bond acceptors (Lipinski definition) is 2. The Kier molecular flexibility index (Phi) is 3.83. The second-order valence-electron chi connectivity index (χ2n) is 4.91. The highest BCUT2D eigenvalue weighted by atomic mass is 15.1. The van der Waals surface area contributed by atoms with Gasteiger partial charge in [0.1, 0.15) is 0 Å². The molecule has 1 aromatic rings. The molecule has 1 aliphatic heterocycles. The molecular weight excluding hydrogens is 196 g/mol. The Bertz CT molecular complexity index is 327. The zero-order chi connectivity index (χ0) is 11.4. The summed E-state index contributed by atoms with van der Waals surface area (Å²) in [5, 5.41) is 3.19. The highest BCUT2D eigenvalue weighted by Crippen LogP contribution is 2.19. The summed E-state index contributed by atoms with van der Waals surface area (Å²) in [7, 11) is 1.97. The number of anilines is 1. The predicted octanol–water partition coefficient (Wildman–Crippen LogP) is 2.96. The van der Waals surface area contributed by atoms with E-state index in [1.165, 1.54) is 37.2 Å². The van der Waals surface area contributed by atoms with Crippen LogP contribution in [0.4, 0.5) is 5.69 Å². The van der Waals surface area contributed by atoms with E-state index < -0.39 is 0 Å². The van der Waals surface area contributed by atoms with Crippen molar-refractivity contribution in [1.82, 2.24) is 4.90 Å². The monoisotopic (exact) mass is 218 g/mol. The van der Waals surface area contributed by atoms with Gasteiger partial charge < -0.3 is 5.32 Å². The smallest absolute Gasteiger partial charge is 0.0340 e. The molecule has 88 valence electrons. The second-order valence-corrected chi connectivity index (χ2v) is 4.91. The van der Waals surface area contributed by atoms with Crippen LogP contribution in [0, 0.1) is 5.92 Å². The highest BCUT2D eigenvalue weighted by molar-refractivity contribution is 5.44. The van der Waals surface area contributed by atoms with Gasteiger partial charge in [-0.05, 0) is 49.5 Å². The van der Waals surface area contributed by atoms with Crippen molar-refractivity contribution in [1.29, 1.82) is 0 Å². The van der Waals surface area contributed by atoms with Crippen molar-refractivity contribution >= 4 is 5.69 Å². The number of benzene rings is 1. The molecule has 1 fully saturated rings. The summed E-state index contributed by atoms with van der Waals surface area (Å²) in [6.07, 6.45) is 2.71. The van der Waals surface area contributed by atoms with E-state index in [4.69, 9.17) is 0 Å². The third kappa shape index (κ3) is 2.99. The number of nitrogens with zero attached hydrogens (tertiary/aromatic N) is 1. The molecule has 0 spiro atoms. The van der Waals surface area contributed by atoms with Gasteiger partial charge >= 0.3 is 0 Å². The Hall–Kier alpha value is -1.02. The summed E-state index contributed by atoms with van der Waals surface area (Å²) in [4.78, 5) is 2.56. The molecule has 2 heteroatoms. The van der Waals surface area contributed by atoms with Crippen molar-refractivity contribution in [2.45, 2.75) is 26.3 Å². The SMILES string of the molecule is CNc1cccc(CN2CCC(C)CC2)c1. The summed E-state index contributed by atoms with van der Waals surface area (Å²) in [5.74, 6) is 0.917. The average molecular weight is 218 g/mol. The van der Waals surface area contributed by atoms with Gasteiger partial charge in [0, 0.05) is 19.3 Å². The minimum atomic E-state index is 0.917. The van der Waals surface area contributed by atoms with Crippen molar-refractivity contribution in [2.24, 2.45) is 5.92 Å². The van der Waals surface area contributed by atoms with E-state index in [1.807, 2.05) is 7.05 Å². The quantitative estimate of drug-likeness (QED) is 0.839. The fourth-order valence-electron chi connectivity index (χ4n) is 2.30. The Morgan fingerprint density at radius 1 is 1.31 bits per heavy atom. The van der Waals surface area contributed by atoms with Gasteiger partial charge in [-0.15, -0.1) is 0 Å². The van der Waals surface area contributed by atoms with Gasteiger partial charge in [0.25, 0.3) is 0 Å². The van der Waals surface area contributed by atoms with E-state index in [1.54, 1.807) is 0 Å². The van der Waals surface area contributed by atoms with Gasteiger partial charge in [-0.2, -0.15) is 0 Å². The van der Waals surface area contributed by atoms with E-state index in [0.29, 0.717) is 0 Å². The summed E-state index contributed by atoms with van der Waals surface area (Å²) in [5.41, 5.74) is 2.63. The summed E-state index contributed by atoms with van der Waals surface area (Å²) in [6.45, 7) is 5.97. The number of rotatable bonds is 3. The molecular formula is C14H22N2. The van der Waals surface area contributed by atoms with Crippen LogP contribution in [0.1, 0.15) is 25.3 Å². The lowest BCUT2D eigenvalue weighted by Gasteiger charge is -2.30. The minimum absolute atomic E-state index is 0.917. The molecule has 1 heterocycles. The molecule has 2 rings (SSSR count). The van der Waals surface area contributed by atoms with E-state index in [0.717, 1.165) is 12.5 Å². The van der Waals surface area contributed by atoms with Gasteiger partial charge in [-0.1, -0.05) is 19.1 Å². The Morgan fingerprint density at radius 3 is 2.75 bits per heavy atom. The first-order valence-electron chi connectivity index (χ1n) is 6.27. The largest absolute Gasteiger partial charge is 0.388 e. The third-order valence-electron chi connectivity index (χ3n) is 3.50. The van der Waals surface area contributed by atoms with Crippen LogP contribution in [0.15, 0.2) is 24.3 Å². The first-order chi connectivity index (χ1) is 7.78. The van der Waals surface area contributed by atoms with Crippen molar-refractivity contribution in [2.75, 3.05) is 25.5 Å². The van der Waals surface area contributed by atoms with Crippen LogP contribution in [0.3, 0.4) is 0 Å². The predicted molar refractivity (Wildman–Crippen MR) is 69.7 cm³/mol. The van der Waals surface area contributed by atoms with Crippen LogP contribution in [0.5, 0.6) is 0 Å². The van der Waals surface area contributed by atoms with Gasteiger partial charge in [-0.25, -0.2) is 0 Å². The van der Waals surface area contributed by atoms with Crippen LogP contribution in [0.25, 0.3) is 0 Å².